The summed E-state index contributed by atoms with van der Waals surface area (Å²) in [6.45, 7) is -0.773. The number of halogens is 2. The molecule has 0 aliphatic rings. The van der Waals surface area contributed by atoms with Gasteiger partial charge in [0.1, 0.15) is 6.61 Å². The van der Waals surface area contributed by atoms with Crippen LogP contribution >= 0.6 is 23.2 Å². The lowest BCUT2D eigenvalue weighted by molar-refractivity contribution is -0.402. The van der Waals surface area contributed by atoms with E-state index in [9.17, 15) is 19.5 Å². The minimum Gasteiger partial charge on any atom is -0.546 e. The summed E-state index contributed by atoms with van der Waals surface area (Å²) in [4.78, 5) is 37.0. The zero-order valence-corrected chi connectivity index (χ0v) is 17.5. The average molecular weight is 465 g/mol. The summed E-state index contributed by atoms with van der Waals surface area (Å²) in [6, 6.07) is 13.7. The zero-order valence-electron chi connectivity index (χ0n) is 16.0. The van der Waals surface area contributed by atoms with Crippen LogP contribution in [0.15, 0.2) is 59.5 Å². The molecule has 0 unspecified atom stereocenters. The molecule has 2 aromatic carbocycles. The maximum atomic E-state index is 11.7. The molecule has 0 aliphatic heterocycles. The third-order valence-corrected chi connectivity index (χ3v) is 4.29. The lowest BCUT2D eigenvalue weighted by Crippen LogP contribution is -2.29. The number of nitrogen functional groups attached to an aromatic ring is 1. The molecule has 0 fully saturated rings. The van der Waals surface area contributed by atoms with Crippen molar-refractivity contribution in [2.24, 2.45) is 0 Å². The number of nitrogens with one attached hydrogen (secondary N) is 3. The van der Waals surface area contributed by atoms with Crippen LogP contribution in [0.2, 0.25) is 10.0 Å². The number of carbonyl (C=O) groups is 2. The highest BCUT2D eigenvalue weighted by Crippen LogP contribution is 2.33. The Morgan fingerprint density at radius 1 is 1.10 bits per heavy atom. The monoisotopic (exact) mass is 464 g/mol. The van der Waals surface area contributed by atoms with Crippen LogP contribution in [0.4, 0.5) is 17.2 Å². The Morgan fingerprint density at radius 2 is 1.77 bits per heavy atom. The van der Waals surface area contributed by atoms with Crippen LogP contribution in [0.1, 0.15) is 5.56 Å². The Balaban J connectivity index is 0.000000357. The number of nitrogens with two attached hydrogens (primary N) is 1. The quantitative estimate of drug-likeness (QED) is 0.465. The van der Waals surface area contributed by atoms with Gasteiger partial charge in [-0.25, -0.2) is 4.98 Å². The normalized spacial score (nSPS) is 9.87. The predicted octanol–water partition coefficient (Wildman–Crippen LogP) is 1.34. The van der Waals surface area contributed by atoms with E-state index in [0.29, 0.717) is 32.8 Å². The Hall–Kier alpha value is -3.56. The van der Waals surface area contributed by atoms with E-state index in [0.717, 1.165) is 0 Å². The van der Waals surface area contributed by atoms with Crippen LogP contribution in [0.25, 0.3) is 0 Å². The topological polar surface area (TPSA) is 151 Å². The van der Waals surface area contributed by atoms with E-state index in [4.69, 9.17) is 28.9 Å². The molecular formula is C20H18Cl2N4O5. The summed E-state index contributed by atoms with van der Waals surface area (Å²) < 4.78 is 4.58. The molecule has 0 saturated heterocycles. The van der Waals surface area contributed by atoms with Gasteiger partial charge in [0.2, 0.25) is 0 Å². The van der Waals surface area contributed by atoms with Crippen molar-refractivity contribution in [3.63, 3.8) is 0 Å². The molecule has 3 rings (SSSR count). The second-order valence-corrected chi connectivity index (χ2v) is 6.79. The number of H-pyrrole nitrogens is 2. The molecule has 11 heteroatoms. The van der Waals surface area contributed by atoms with E-state index >= 15 is 0 Å². The van der Waals surface area contributed by atoms with E-state index < -0.39 is 18.5 Å². The maximum absolute atomic E-state index is 11.7. The number of hydrogen-bond acceptors (Lipinski definition) is 7. The Bertz CT molecular complexity index is 1100. The number of carboxylic acids is 1. The molecule has 162 valence electrons. The molecule has 0 amide bonds. The van der Waals surface area contributed by atoms with Gasteiger partial charge < -0.3 is 25.7 Å². The molecule has 0 atom stereocenters. The van der Waals surface area contributed by atoms with Gasteiger partial charge in [-0.05, 0) is 23.8 Å². The van der Waals surface area contributed by atoms with E-state index in [1.165, 1.54) is 6.20 Å². The van der Waals surface area contributed by atoms with Crippen LogP contribution in [0, 0.1) is 0 Å². The van der Waals surface area contributed by atoms with Crippen molar-refractivity contribution in [3.05, 3.63) is 80.8 Å². The SMILES string of the molecule is Nc1cc[nH+]c(=O)[nH]1.O=C([O-])COC(=O)Cc1ccccc1Nc1c(Cl)cccc1Cl. The molecule has 3 aromatic rings. The van der Waals surface area contributed by atoms with Crippen LogP contribution < -0.4 is 26.8 Å². The first-order valence-corrected chi connectivity index (χ1v) is 9.52. The highest BCUT2D eigenvalue weighted by atomic mass is 35.5. The summed E-state index contributed by atoms with van der Waals surface area (Å²) in [5, 5.41) is 14.3. The summed E-state index contributed by atoms with van der Waals surface area (Å²) >= 11 is 12.2. The highest BCUT2D eigenvalue weighted by molar-refractivity contribution is 6.39. The summed E-state index contributed by atoms with van der Waals surface area (Å²) in [5.74, 6) is -1.75. The number of aromatic nitrogens is 2. The van der Waals surface area contributed by atoms with Crippen molar-refractivity contribution in [1.29, 1.82) is 0 Å². The van der Waals surface area contributed by atoms with Gasteiger partial charge in [-0.1, -0.05) is 47.5 Å². The number of carbonyl (C=O) groups excluding carboxylic acids is 2. The minimum atomic E-state index is -1.45. The van der Waals surface area contributed by atoms with Crippen LogP contribution in [0.3, 0.4) is 0 Å². The van der Waals surface area contributed by atoms with Gasteiger partial charge in [0.15, 0.2) is 5.82 Å². The number of esters is 1. The second kappa shape index (κ2) is 11.6. The van der Waals surface area contributed by atoms with Crippen molar-refractivity contribution in [3.8, 4) is 0 Å². The molecule has 0 saturated carbocycles. The van der Waals surface area contributed by atoms with Crippen molar-refractivity contribution in [1.82, 2.24) is 4.98 Å². The molecule has 0 bridgehead atoms. The molecular weight excluding hydrogens is 447 g/mol. The summed E-state index contributed by atoms with van der Waals surface area (Å²) in [6.07, 6.45) is 1.38. The highest BCUT2D eigenvalue weighted by Gasteiger charge is 2.12. The summed E-state index contributed by atoms with van der Waals surface area (Å²) in [5.41, 5.74) is 6.65. The van der Waals surface area contributed by atoms with E-state index in [2.05, 4.69) is 20.0 Å². The number of carboxylic acid groups (broad SMARTS) is 1. The van der Waals surface area contributed by atoms with Crippen molar-refractivity contribution in [2.75, 3.05) is 17.7 Å². The first kappa shape index (κ1) is 23.7. The van der Waals surface area contributed by atoms with Gasteiger partial charge in [-0.2, -0.15) is 9.78 Å². The molecule has 5 N–H and O–H groups in total. The molecule has 31 heavy (non-hydrogen) atoms. The second-order valence-electron chi connectivity index (χ2n) is 5.98. The lowest BCUT2D eigenvalue weighted by atomic mass is 10.1. The maximum Gasteiger partial charge on any atom is 0.495 e. The molecule has 9 nitrogen and oxygen atoms in total. The number of ether oxygens (including phenoxy) is 1. The average Bonchev–Trinajstić information content (AvgIpc) is 2.71. The Kier molecular flexibility index (Phi) is 8.86. The number of anilines is 3. The van der Waals surface area contributed by atoms with Crippen molar-refractivity contribution < 1.29 is 24.4 Å². The van der Waals surface area contributed by atoms with Gasteiger partial charge in [0, 0.05) is 11.8 Å². The Labute approximate surface area is 186 Å². The van der Waals surface area contributed by atoms with E-state index in [1.54, 1.807) is 48.5 Å². The third kappa shape index (κ3) is 8.00. The number of aliphatic carboxylic acids is 1. The van der Waals surface area contributed by atoms with Gasteiger partial charge in [0.05, 0.1) is 34.3 Å². The molecule has 0 aliphatic carbocycles. The van der Waals surface area contributed by atoms with Gasteiger partial charge >= 0.3 is 11.7 Å². The number of rotatable bonds is 6. The number of aromatic amines is 2. The van der Waals surface area contributed by atoms with Crippen molar-refractivity contribution in [2.45, 2.75) is 6.42 Å². The van der Waals surface area contributed by atoms with Gasteiger partial charge in [0.25, 0.3) is 0 Å². The van der Waals surface area contributed by atoms with Crippen LogP contribution in [-0.2, 0) is 20.7 Å². The smallest absolute Gasteiger partial charge is 0.495 e. The molecule has 1 aromatic heterocycles. The Morgan fingerprint density at radius 3 is 2.35 bits per heavy atom. The van der Waals surface area contributed by atoms with Gasteiger partial charge in [-0.3, -0.25) is 4.79 Å². The van der Waals surface area contributed by atoms with E-state index in [1.807, 2.05) is 0 Å². The van der Waals surface area contributed by atoms with Gasteiger partial charge in [-0.15, -0.1) is 0 Å². The number of para-hydroxylation sites is 2. The fraction of sp³-hybridized carbons (Fsp3) is 0.100. The fourth-order valence-electron chi connectivity index (χ4n) is 2.31. The van der Waals surface area contributed by atoms with Crippen LogP contribution in [0.5, 0.6) is 0 Å². The molecule has 1 heterocycles. The molecule has 0 spiro atoms. The zero-order chi connectivity index (χ0) is 22.8. The first-order chi connectivity index (χ1) is 14.8. The fourth-order valence-corrected chi connectivity index (χ4v) is 2.80. The third-order valence-electron chi connectivity index (χ3n) is 3.66. The summed E-state index contributed by atoms with van der Waals surface area (Å²) in [7, 11) is 0. The van der Waals surface area contributed by atoms with Crippen LogP contribution in [-0.4, -0.2) is 23.5 Å². The first-order valence-electron chi connectivity index (χ1n) is 8.77. The minimum absolute atomic E-state index is 0.0987. The number of hydrogen-bond donors (Lipinski definition) is 3. The standard InChI is InChI=1S/C16H13Cl2NO4.C4H5N3O/c17-11-5-3-6-12(18)16(11)19-13-7-2-1-4-10(13)8-15(22)23-9-14(20)21;5-3-1-2-6-4(8)7-3/h1-7,19H,8-9H2,(H,20,21);1-2H,(H3,5,6,7,8). The predicted molar refractivity (Wildman–Crippen MR) is 114 cm³/mol. The molecule has 0 radical (unpaired) electrons. The number of benzene rings is 2. The lowest BCUT2D eigenvalue weighted by Gasteiger charge is -2.14. The largest absolute Gasteiger partial charge is 0.546 e. The van der Waals surface area contributed by atoms with E-state index in [-0.39, 0.29) is 12.1 Å². The van der Waals surface area contributed by atoms with Crippen molar-refractivity contribution >= 4 is 52.3 Å².